The van der Waals surface area contributed by atoms with Crippen LogP contribution in [-0.4, -0.2) is 52.0 Å². The van der Waals surface area contributed by atoms with Crippen LogP contribution in [-0.2, 0) is 16.1 Å². The third-order valence-electron chi connectivity index (χ3n) is 5.69. The molecule has 0 spiro atoms. The molecule has 0 unspecified atom stereocenters. The van der Waals surface area contributed by atoms with Crippen LogP contribution in [0.5, 0.6) is 11.5 Å². The lowest BCUT2D eigenvalue weighted by molar-refractivity contribution is -0.140. The van der Waals surface area contributed by atoms with Crippen LogP contribution in [0.4, 0.5) is 0 Å². The maximum Gasteiger partial charge on any atom is 0.295 e. The van der Waals surface area contributed by atoms with Gasteiger partial charge in [-0.05, 0) is 24.6 Å². The van der Waals surface area contributed by atoms with Crippen molar-refractivity contribution in [3.8, 4) is 11.5 Å². The molecule has 1 aliphatic heterocycles. The van der Waals surface area contributed by atoms with Crippen LogP contribution >= 0.6 is 0 Å². The summed E-state index contributed by atoms with van der Waals surface area (Å²) in [6.45, 7) is 0.956. The molecular formula is C25H25N3O5. The second-order valence-electron chi connectivity index (χ2n) is 7.62. The van der Waals surface area contributed by atoms with Crippen LogP contribution in [0.2, 0.25) is 0 Å². The highest BCUT2D eigenvalue weighted by atomic mass is 16.5. The van der Waals surface area contributed by atoms with Crippen molar-refractivity contribution >= 4 is 17.4 Å². The zero-order valence-electron chi connectivity index (χ0n) is 18.5. The number of aryl methyl sites for hydroxylation is 1. The van der Waals surface area contributed by atoms with Gasteiger partial charge < -0.3 is 24.0 Å². The van der Waals surface area contributed by atoms with Crippen molar-refractivity contribution in [2.75, 3.05) is 20.8 Å². The quantitative estimate of drug-likeness (QED) is 0.323. The molecule has 1 fully saturated rings. The second-order valence-corrected chi connectivity index (χ2v) is 7.62. The average molecular weight is 447 g/mol. The van der Waals surface area contributed by atoms with Crippen molar-refractivity contribution in [2.45, 2.75) is 19.0 Å². The van der Waals surface area contributed by atoms with Gasteiger partial charge in [0.25, 0.3) is 11.7 Å². The summed E-state index contributed by atoms with van der Waals surface area (Å²) in [6, 6.07) is 13.2. The lowest BCUT2D eigenvalue weighted by Gasteiger charge is -2.26. The minimum absolute atomic E-state index is 0.0281. The van der Waals surface area contributed by atoms with Crippen LogP contribution in [0.25, 0.3) is 5.76 Å². The fraction of sp³-hybridized carbons (Fsp3) is 0.240. The summed E-state index contributed by atoms with van der Waals surface area (Å²) < 4.78 is 12.7. The lowest BCUT2D eigenvalue weighted by Crippen LogP contribution is -2.31. The smallest absolute Gasteiger partial charge is 0.295 e. The van der Waals surface area contributed by atoms with E-state index in [1.807, 2.05) is 22.9 Å². The molecule has 1 aliphatic rings. The Kier molecular flexibility index (Phi) is 6.44. The summed E-state index contributed by atoms with van der Waals surface area (Å²) in [7, 11) is 3.05. The summed E-state index contributed by atoms with van der Waals surface area (Å²) in [4.78, 5) is 31.8. The number of aromatic nitrogens is 2. The molecule has 0 bridgehead atoms. The maximum atomic E-state index is 13.2. The molecule has 3 aromatic rings. The highest BCUT2D eigenvalue weighted by Crippen LogP contribution is 2.42. The number of aliphatic hydroxyl groups is 1. The number of nitrogens with zero attached hydrogens (tertiary/aromatic N) is 3. The van der Waals surface area contributed by atoms with Gasteiger partial charge in [0.15, 0.2) is 0 Å². The average Bonchev–Trinajstić information content (AvgIpc) is 3.46. The number of carbonyl (C=O) groups is 2. The monoisotopic (exact) mass is 447 g/mol. The number of para-hydroxylation sites is 1. The number of imidazole rings is 1. The van der Waals surface area contributed by atoms with Crippen LogP contribution in [0.1, 0.15) is 23.6 Å². The van der Waals surface area contributed by atoms with E-state index in [4.69, 9.17) is 9.47 Å². The zero-order chi connectivity index (χ0) is 23.4. The van der Waals surface area contributed by atoms with E-state index >= 15 is 0 Å². The first kappa shape index (κ1) is 22.1. The predicted octanol–water partition coefficient (Wildman–Crippen LogP) is 3.41. The molecule has 8 nitrogen and oxygen atoms in total. The standard InChI is InChI=1S/C25H25N3O5/c1-32-18-8-5-7-17(15-18)23(29)21-22(19-9-3-4-10-20(19)33-2)28(25(31)24(21)30)13-6-12-27-14-11-26-16-27/h3-5,7-11,14-16,22,29H,6,12-13H2,1-2H3/t22-/m0/s1. The number of benzene rings is 2. The molecule has 1 saturated heterocycles. The highest BCUT2D eigenvalue weighted by Gasteiger charge is 2.46. The van der Waals surface area contributed by atoms with Crippen molar-refractivity contribution in [1.29, 1.82) is 0 Å². The number of likely N-dealkylation sites (tertiary alicyclic amines) is 1. The number of aliphatic hydroxyl groups excluding tert-OH is 1. The lowest BCUT2D eigenvalue weighted by atomic mass is 9.94. The number of rotatable bonds is 8. The van der Waals surface area contributed by atoms with Crippen LogP contribution in [0.15, 0.2) is 72.8 Å². The normalized spacial score (nSPS) is 17.4. The Morgan fingerprint density at radius 1 is 1.06 bits per heavy atom. The van der Waals surface area contributed by atoms with E-state index in [9.17, 15) is 14.7 Å². The third-order valence-corrected chi connectivity index (χ3v) is 5.69. The number of carbonyl (C=O) groups excluding carboxylic acids is 2. The first-order valence-corrected chi connectivity index (χ1v) is 10.6. The molecular weight excluding hydrogens is 422 g/mol. The number of Topliss-reactive ketones (excluding diaryl/α,β-unsaturated/α-hetero) is 1. The number of hydrogen-bond donors (Lipinski definition) is 1. The Balaban J connectivity index is 1.78. The van der Waals surface area contributed by atoms with E-state index in [0.29, 0.717) is 42.1 Å². The third kappa shape index (κ3) is 4.32. The Morgan fingerprint density at radius 3 is 2.61 bits per heavy atom. The van der Waals surface area contributed by atoms with Gasteiger partial charge in [0.1, 0.15) is 17.3 Å². The number of ether oxygens (including phenoxy) is 2. The van der Waals surface area contributed by atoms with Crippen molar-refractivity contribution in [3.05, 3.63) is 84.0 Å². The van der Waals surface area contributed by atoms with E-state index in [1.165, 1.54) is 19.1 Å². The summed E-state index contributed by atoms with van der Waals surface area (Å²) in [5.41, 5.74) is 1.05. The first-order valence-electron chi connectivity index (χ1n) is 10.6. The first-order chi connectivity index (χ1) is 16.0. The summed E-state index contributed by atoms with van der Waals surface area (Å²) in [5, 5.41) is 11.2. The fourth-order valence-electron chi connectivity index (χ4n) is 4.09. The molecule has 4 rings (SSSR count). The minimum atomic E-state index is -0.782. The van der Waals surface area contributed by atoms with Crippen LogP contribution in [0.3, 0.4) is 0 Å². The summed E-state index contributed by atoms with van der Waals surface area (Å²) in [6.07, 6.45) is 5.84. The van der Waals surface area contributed by atoms with Gasteiger partial charge >= 0.3 is 0 Å². The Bertz CT molecular complexity index is 1190. The molecule has 1 amide bonds. The van der Waals surface area contributed by atoms with Gasteiger partial charge in [0, 0.05) is 36.6 Å². The van der Waals surface area contributed by atoms with Gasteiger partial charge in [0.05, 0.1) is 32.2 Å². The van der Waals surface area contributed by atoms with Gasteiger partial charge in [-0.15, -0.1) is 0 Å². The largest absolute Gasteiger partial charge is 0.507 e. The van der Waals surface area contributed by atoms with E-state index < -0.39 is 17.7 Å². The van der Waals surface area contributed by atoms with Crippen LogP contribution in [0, 0.1) is 0 Å². The summed E-state index contributed by atoms with van der Waals surface area (Å²) >= 11 is 0. The van der Waals surface area contributed by atoms with Crippen molar-refractivity contribution in [2.24, 2.45) is 0 Å². The number of methoxy groups -OCH3 is 2. The molecule has 2 aromatic carbocycles. The maximum absolute atomic E-state index is 13.2. The molecule has 33 heavy (non-hydrogen) atoms. The Hall–Kier alpha value is -4.07. The van der Waals surface area contributed by atoms with E-state index in [1.54, 1.807) is 48.9 Å². The fourth-order valence-corrected chi connectivity index (χ4v) is 4.09. The van der Waals surface area contributed by atoms with Gasteiger partial charge in [-0.25, -0.2) is 4.98 Å². The van der Waals surface area contributed by atoms with Gasteiger partial charge in [-0.3, -0.25) is 9.59 Å². The molecule has 2 heterocycles. The molecule has 0 radical (unpaired) electrons. The Labute approximate surface area is 191 Å². The molecule has 0 saturated carbocycles. The van der Waals surface area contributed by atoms with Crippen molar-refractivity contribution < 1.29 is 24.2 Å². The Morgan fingerprint density at radius 2 is 1.88 bits per heavy atom. The van der Waals surface area contributed by atoms with Crippen molar-refractivity contribution in [1.82, 2.24) is 14.5 Å². The van der Waals surface area contributed by atoms with Gasteiger partial charge in [-0.1, -0.05) is 30.3 Å². The number of amides is 1. The number of ketones is 1. The summed E-state index contributed by atoms with van der Waals surface area (Å²) in [5.74, 6) is -0.571. The van der Waals surface area contributed by atoms with E-state index in [0.717, 1.165) is 0 Å². The molecule has 1 atom stereocenters. The highest BCUT2D eigenvalue weighted by molar-refractivity contribution is 6.46. The molecule has 170 valence electrons. The molecule has 8 heteroatoms. The second kappa shape index (κ2) is 9.60. The topological polar surface area (TPSA) is 93.9 Å². The molecule has 1 N–H and O–H groups in total. The zero-order valence-corrected chi connectivity index (χ0v) is 18.5. The van der Waals surface area contributed by atoms with Crippen LogP contribution < -0.4 is 9.47 Å². The number of hydrogen-bond acceptors (Lipinski definition) is 6. The minimum Gasteiger partial charge on any atom is -0.507 e. The van der Waals surface area contributed by atoms with Gasteiger partial charge in [-0.2, -0.15) is 0 Å². The van der Waals surface area contributed by atoms with E-state index in [-0.39, 0.29) is 11.3 Å². The van der Waals surface area contributed by atoms with E-state index in [2.05, 4.69) is 4.98 Å². The molecule has 1 aromatic heterocycles. The van der Waals surface area contributed by atoms with Gasteiger partial charge in [0.2, 0.25) is 0 Å². The molecule has 0 aliphatic carbocycles. The predicted molar refractivity (Wildman–Crippen MR) is 122 cm³/mol. The SMILES string of the molecule is COc1cccc(C(O)=C2C(=O)C(=O)N(CCCn3ccnc3)[C@H]2c2ccccc2OC)c1. The van der Waals surface area contributed by atoms with Crippen molar-refractivity contribution in [3.63, 3.8) is 0 Å².